The van der Waals surface area contributed by atoms with E-state index in [0.717, 1.165) is 16.3 Å². The third-order valence-electron chi connectivity index (χ3n) is 5.06. The van der Waals surface area contributed by atoms with Crippen LogP contribution in [0.3, 0.4) is 0 Å². The summed E-state index contributed by atoms with van der Waals surface area (Å²) >= 11 is 1.58. The van der Waals surface area contributed by atoms with Crippen molar-refractivity contribution < 1.29 is 28.5 Å². The van der Waals surface area contributed by atoms with Gasteiger partial charge in [-0.3, -0.25) is 9.59 Å². The summed E-state index contributed by atoms with van der Waals surface area (Å²) in [5.74, 6) is 0.903. The molecule has 8 nitrogen and oxygen atoms in total. The van der Waals surface area contributed by atoms with Gasteiger partial charge in [0.25, 0.3) is 0 Å². The van der Waals surface area contributed by atoms with Gasteiger partial charge in [-0.2, -0.15) is 0 Å². The van der Waals surface area contributed by atoms with E-state index in [2.05, 4.69) is 10.3 Å². The van der Waals surface area contributed by atoms with Gasteiger partial charge in [-0.05, 0) is 48.4 Å². The fourth-order valence-electron chi connectivity index (χ4n) is 3.30. The van der Waals surface area contributed by atoms with Crippen LogP contribution in [-0.4, -0.2) is 38.2 Å². The summed E-state index contributed by atoms with van der Waals surface area (Å²) in [6.45, 7) is 2.32. The fraction of sp³-hybridized carbons (Fsp3) is 0.269. The molecule has 1 unspecified atom stereocenters. The number of aromatic nitrogens is 1. The van der Waals surface area contributed by atoms with Crippen LogP contribution in [-0.2, 0) is 20.9 Å². The number of carbonyl (C=O) groups is 2. The third-order valence-corrected chi connectivity index (χ3v) is 5.89. The Balaban J connectivity index is 1.68. The van der Waals surface area contributed by atoms with Gasteiger partial charge in [0.15, 0.2) is 11.5 Å². The molecule has 9 heteroatoms. The van der Waals surface area contributed by atoms with Crippen LogP contribution < -0.4 is 19.5 Å². The minimum absolute atomic E-state index is 0.0367. The lowest BCUT2D eigenvalue weighted by atomic mass is 10.0. The first-order valence-corrected chi connectivity index (χ1v) is 11.7. The second-order valence-electron chi connectivity index (χ2n) is 7.51. The molecule has 1 atom stereocenters. The van der Waals surface area contributed by atoms with E-state index in [1.54, 1.807) is 35.6 Å². The van der Waals surface area contributed by atoms with Crippen LogP contribution in [0.2, 0.25) is 0 Å². The zero-order valence-corrected chi connectivity index (χ0v) is 20.9. The first-order valence-electron chi connectivity index (χ1n) is 10.8. The Morgan fingerprint density at radius 3 is 2.57 bits per heavy atom. The number of methoxy groups -OCH3 is 3. The van der Waals surface area contributed by atoms with Crippen LogP contribution in [0, 0.1) is 6.92 Å². The Bertz CT molecular complexity index is 1190. The molecule has 0 aliphatic heterocycles. The molecule has 3 rings (SSSR count). The summed E-state index contributed by atoms with van der Waals surface area (Å²) in [5, 5.41) is 5.82. The van der Waals surface area contributed by atoms with Crippen molar-refractivity contribution >= 4 is 29.3 Å². The standard InChI is InChI=1S/C26H28N2O6S/c1-17-27-20(16-35-17)15-34-21-7-5-6-18(12-21)8-11-25(29)28-22(14-26(30)33-4)19-9-10-23(31-2)24(13-19)32-3/h5-13,16,22H,14-15H2,1-4H3,(H,28,29)/b11-8+. The van der Waals surface area contributed by atoms with E-state index >= 15 is 0 Å². The number of thiazole rings is 1. The first-order chi connectivity index (χ1) is 16.9. The predicted octanol–water partition coefficient (Wildman–Crippen LogP) is 4.48. The summed E-state index contributed by atoms with van der Waals surface area (Å²) in [7, 11) is 4.37. The number of nitrogens with zero attached hydrogens (tertiary/aromatic N) is 1. The van der Waals surface area contributed by atoms with Crippen LogP contribution in [0.25, 0.3) is 6.08 Å². The number of ether oxygens (including phenoxy) is 4. The van der Waals surface area contributed by atoms with E-state index in [4.69, 9.17) is 18.9 Å². The Morgan fingerprint density at radius 2 is 1.89 bits per heavy atom. The SMILES string of the molecule is COC(=O)CC(NC(=O)/C=C/c1cccc(OCc2csc(C)n2)c1)c1ccc(OC)c(OC)c1. The minimum atomic E-state index is -0.615. The van der Waals surface area contributed by atoms with Crippen LogP contribution in [0.1, 0.15) is 34.3 Å². The van der Waals surface area contributed by atoms with Crippen molar-refractivity contribution in [1.82, 2.24) is 10.3 Å². The van der Waals surface area contributed by atoms with Gasteiger partial charge in [-0.15, -0.1) is 11.3 Å². The number of nitrogens with one attached hydrogen (secondary N) is 1. The Labute approximate surface area is 208 Å². The number of carbonyl (C=O) groups excluding carboxylic acids is 2. The first kappa shape index (κ1) is 25.8. The van der Waals surface area contributed by atoms with Gasteiger partial charge in [0, 0.05) is 11.5 Å². The van der Waals surface area contributed by atoms with E-state index in [0.29, 0.717) is 29.4 Å². The summed E-state index contributed by atoms with van der Waals surface area (Å²) in [4.78, 5) is 29.1. The molecule has 35 heavy (non-hydrogen) atoms. The number of rotatable bonds is 11. The van der Waals surface area contributed by atoms with Crippen LogP contribution >= 0.6 is 11.3 Å². The van der Waals surface area contributed by atoms with Gasteiger partial charge in [0.2, 0.25) is 5.91 Å². The average Bonchev–Trinajstić information content (AvgIpc) is 3.30. The molecule has 184 valence electrons. The minimum Gasteiger partial charge on any atom is -0.493 e. The molecule has 2 aromatic carbocycles. The van der Waals surface area contributed by atoms with E-state index < -0.39 is 12.0 Å². The molecule has 1 aromatic heterocycles. The molecule has 1 heterocycles. The van der Waals surface area contributed by atoms with Crippen molar-refractivity contribution in [3.63, 3.8) is 0 Å². The predicted molar refractivity (Wildman–Crippen MR) is 134 cm³/mol. The van der Waals surface area contributed by atoms with E-state index in [9.17, 15) is 9.59 Å². The van der Waals surface area contributed by atoms with Gasteiger partial charge in [0.05, 0.1) is 44.5 Å². The molecule has 1 amide bonds. The molecule has 0 radical (unpaired) electrons. The molecule has 3 aromatic rings. The van der Waals surface area contributed by atoms with Gasteiger partial charge >= 0.3 is 5.97 Å². The number of amides is 1. The zero-order valence-electron chi connectivity index (χ0n) is 20.1. The van der Waals surface area contributed by atoms with Gasteiger partial charge in [0.1, 0.15) is 12.4 Å². The number of hydrogen-bond donors (Lipinski definition) is 1. The topological polar surface area (TPSA) is 96.0 Å². The van der Waals surface area contributed by atoms with Crippen molar-refractivity contribution in [2.75, 3.05) is 21.3 Å². The summed E-state index contributed by atoms with van der Waals surface area (Å²) in [6.07, 6.45) is 3.05. The van der Waals surface area contributed by atoms with Crippen molar-refractivity contribution in [2.24, 2.45) is 0 Å². The highest BCUT2D eigenvalue weighted by Crippen LogP contribution is 2.31. The van der Waals surface area contributed by atoms with Gasteiger partial charge < -0.3 is 24.3 Å². The second kappa shape index (κ2) is 12.6. The third kappa shape index (κ3) is 7.58. The highest BCUT2D eigenvalue weighted by Gasteiger charge is 2.20. The summed E-state index contributed by atoms with van der Waals surface area (Å²) in [5.41, 5.74) is 2.35. The molecule has 0 spiro atoms. The second-order valence-corrected chi connectivity index (χ2v) is 8.57. The van der Waals surface area contributed by atoms with E-state index in [1.165, 1.54) is 27.4 Å². The van der Waals surface area contributed by atoms with Crippen molar-refractivity contribution in [2.45, 2.75) is 26.0 Å². The van der Waals surface area contributed by atoms with Crippen molar-refractivity contribution in [1.29, 1.82) is 0 Å². The van der Waals surface area contributed by atoms with Crippen molar-refractivity contribution in [3.8, 4) is 17.2 Å². The lowest BCUT2D eigenvalue weighted by molar-refractivity contribution is -0.141. The maximum absolute atomic E-state index is 12.7. The molecule has 0 fully saturated rings. The average molecular weight is 497 g/mol. The normalized spacial score (nSPS) is 11.7. The molecule has 0 bridgehead atoms. The quantitative estimate of drug-likeness (QED) is 0.309. The number of esters is 1. The summed E-state index contributed by atoms with van der Waals surface area (Å²) in [6, 6.07) is 12.0. The molecule has 0 aliphatic rings. The number of hydrogen-bond acceptors (Lipinski definition) is 8. The molecule has 0 aliphatic carbocycles. The summed E-state index contributed by atoms with van der Waals surface area (Å²) < 4.78 is 21.2. The largest absolute Gasteiger partial charge is 0.493 e. The van der Waals surface area contributed by atoms with Crippen molar-refractivity contribution in [3.05, 3.63) is 75.7 Å². The molecule has 1 N–H and O–H groups in total. The smallest absolute Gasteiger partial charge is 0.307 e. The maximum Gasteiger partial charge on any atom is 0.307 e. The van der Waals surface area contributed by atoms with Gasteiger partial charge in [-0.25, -0.2) is 4.98 Å². The van der Waals surface area contributed by atoms with E-state index in [-0.39, 0.29) is 12.3 Å². The molecule has 0 saturated carbocycles. The number of benzene rings is 2. The Morgan fingerprint density at radius 1 is 1.09 bits per heavy atom. The molecule has 0 saturated heterocycles. The van der Waals surface area contributed by atoms with Crippen LogP contribution in [0.15, 0.2) is 53.9 Å². The van der Waals surface area contributed by atoms with Crippen LogP contribution in [0.4, 0.5) is 0 Å². The molecular weight excluding hydrogens is 468 g/mol. The lowest BCUT2D eigenvalue weighted by Gasteiger charge is -2.19. The van der Waals surface area contributed by atoms with Gasteiger partial charge in [-0.1, -0.05) is 18.2 Å². The van der Waals surface area contributed by atoms with E-state index in [1.807, 2.05) is 36.6 Å². The number of aryl methyl sites for hydroxylation is 1. The highest BCUT2D eigenvalue weighted by molar-refractivity contribution is 7.09. The Kier molecular flexibility index (Phi) is 9.25. The Hall–Kier alpha value is -3.85. The monoisotopic (exact) mass is 496 g/mol. The zero-order chi connectivity index (χ0) is 25.2. The van der Waals surface area contributed by atoms with Crippen LogP contribution in [0.5, 0.6) is 17.2 Å². The highest BCUT2D eigenvalue weighted by atomic mass is 32.1. The fourth-order valence-corrected chi connectivity index (χ4v) is 3.90. The molecular formula is C26H28N2O6S. The lowest BCUT2D eigenvalue weighted by Crippen LogP contribution is -2.29. The maximum atomic E-state index is 12.7.